The molecule has 4 aromatic carbocycles. The number of phenolic OH excluding ortho intramolecular Hbond substituents is 1. The molecule has 0 aliphatic carbocycles. The second-order valence-corrected chi connectivity index (χ2v) is 12.0. The van der Waals surface area contributed by atoms with Crippen molar-refractivity contribution in [3.8, 4) is 16.3 Å². The highest BCUT2D eigenvalue weighted by molar-refractivity contribution is 7.86. The van der Waals surface area contributed by atoms with E-state index in [1.165, 1.54) is 29.5 Å². The number of aryl methyl sites for hydroxylation is 1. The van der Waals surface area contributed by atoms with Crippen LogP contribution in [0.5, 0.6) is 5.75 Å². The van der Waals surface area contributed by atoms with Crippen LogP contribution in [-0.2, 0) is 20.2 Å². The quantitative estimate of drug-likeness (QED) is 0.167. The topological polar surface area (TPSA) is 198 Å². The first-order valence-corrected chi connectivity index (χ1v) is 14.4. The number of benzene rings is 4. The van der Waals surface area contributed by atoms with Gasteiger partial charge in [-0.05, 0) is 55.0 Å². The van der Waals surface area contributed by atoms with Gasteiger partial charge in [0.1, 0.15) is 36.6 Å². The van der Waals surface area contributed by atoms with Crippen molar-refractivity contribution in [1.82, 2.24) is 4.98 Å². The van der Waals surface area contributed by atoms with Crippen LogP contribution in [0.2, 0.25) is 0 Å². The van der Waals surface area contributed by atoms with Crippen LogP contribution >= 0.6 is 11.3 Å². The monoisotopic (exact) mass is 568 g/mol. The number of hydrogen-bond acceptors (Lipinski definition) is 12. The molecule has 11 nitrogen and oxygen atoms in total. The van der Waals surface area contributed by atoms with Crippen molar-refractivity contribution in [1.29, 1.82) is 0 Å². The van der Waals surface area contributed by atoms with Gasteiger partial charge in [-0.15, -0.1) is 21.6 Å². The van der Waals surface area contributed by atoms with Crippen molar-refractivity contribution in [3.05, 3.63) is 66.2 Å². The van der Waals surface area contributed by atoms with Crippen molar-refractivity contribution < 1.29 is 31.0 Å². The summed E-state index contributed by atoms with van der Waals surface area (Å²) >= 11 is 1.19. The second kappa shape index (κ2) is 9.11. The van der Waals surface area contributed by atoms with Gasteiger partial charge >= 0.3 is 0 Å². The van der Waals surface area contributed by atoms with Gasteiger partial charge in [-0.1, -0.05) is 18.2 Å². The molecule has 0 aliphatic rings. The maximum Gasteiger partial charge on any atom is 0.152 e. The third-order valence-corrected chi connectivity index (χ3v) is 8.54. The van der Waals surface area contributed by atoms with Crippen molar-refractivity contribution >= 4 is 69.6 Å². The lowest BCUT2D eigenvalue weighted by Gasteiger charge is -2.14. The van der Waals surface area contributed by atoms with Crippen molar-refractivity contribution in [3.63, 3.8) is 0 Å². The maximum atomic E-state index is 12.2. The molecule has 0 atom stereocenters. The van der Waals surface area contributed by atoms with Crippen LogP contribution < -0.4 is 5.73 Å². The van der Waals surface area contributed by atoms with E-state index in [9.17, 15) is 31.0 Å². The Kier molecular flexibility index (Phi) is 6.16. The number of anilines is 1. The molecule has 5 rings (SSSR count). The lowest BCUT2D eigenvalue weighted by molar-refractivity contribution is 0.458. The average Bonchev–Trinajstić information content (AvgIpc) is 3.27. The zero-order chi connectivity index (χ0) is 27.4. The van der Waals surface area contributed by atoms with E-state index < -0.39 is 41.5 Å². The molecule has 0 spiro atoms. The molecule has 0 radical (unpaired) electrons. The van der Waals surface area contributed by atoms with Gasteiger partial charge < -0.3 is 19.9 Å². The molecule has 1 aromatic heterocycles. The third-order valence-electron chi connectivity index (χ3n) is 5.69. The van der Waals surface area contributed by atoms with Gasteiger partial charge in [-0.25, -0.2) is 21.8 Å². The summed E-state index contributed by atoms with van der Waals surface area (Å²) in [5.74, 6) is -0.671. The van der Waals surface area contributed by atoms with Gasteiger partial charge in [-0.3, -0.25) is 0 Å². The molecule has 0 aliphatic heterocycles. The summed E-state index contributed by atoms with van der Waals surface area (Å²) in [6.45, 7) is 1.56. The summed E-state index contributed by atoms with van der Waals surface area (Å²) in [5, 5.41) is 19.3. The molecule has 38 heavy (non-hydrogen) atoms. The van der Waals surface area contributed by atoms with E-state index >= 15 is 0 Å². The Labute approximate surface area is 220 Å². The van der Waals surface area contributed by atoms with Crippen LogP contribution in [0.4, 0.5) is 17.1 Å². The number of aromatic hydroxyl groups is 1. The van der Waals surface area contributed by atoms with E-state index in [0.717, 1.165) is 12.1 Å². The Hall–Kier alpha value is -3.95. The minimum Gasteiger partial charge on any atom is -0.744 e. The summed E-state index contributed by atoms with van der Waals surface area (Å²) in [5.41, 5.74) is 7.07. The van der Waals surface area contributed by atoms with E-state index in [4.69, 9.17) is 5.73 Å². The van der Waals surface area contributed by atoms with Crippen molar-refractivity contribution in [2.75, 3.05) is 5.73 Å². The smallest absolute Gasteiger partial charge is 0.152 e. The number of phenols is 1. The van der Waals surface area contributed by atoms with Gasteiger partial charge in [0.2, 0.25) is 0 Å². The zero-order valence-electron chi connectivity index (χ0n) is 19.3. The molecule has 0 saturated carbocycles. The zero-order valence-corrected chi connectivity index (χ0v) is 21.8. The van der Waals surface area contributed by atoms with Gasteiger partial charge in [-0.2, -0.15) is 0 Å². The molecule has 5 aromatic rings. The Morgan fingerprint density at radius 2 is 1.61 bits per heavy atom. The Balaban J connectivity index is 1.75. The van der Waals surface area contributed by atoms with E-state index in [1.54, 1.807) is 37.3 Å². The first-order valence-electron chi connectivity index (χ1n) is 10.7. The number of aromatic nitrogens is 1. The van der Waals surface area contributed by atoms with Crippen LogP contribution in [0.25, 0.3) is 31.6 Å². The molecule has 3 N–H and O–H groups in total. The predicted molar refractivity (Wildman–Crippen MR) is 140 cm³/mol. The van der Waals surface area contributed by atoms with E-state index in [0.29, 0.717) is 32.0 Å². The number of azo groups is 1. The van der Waals surface area contributed by atoms with Crippen molar-refractivity contribution in [2.24, 2.45) is 10.2 Å². The van der Waals surface area contributed by atoms with Gasteiger partial charge in [0, 0.05) is 22.0 Å². The number of para-hydroxylation sites is 1. The average molecular weight is 569 g/mol. The number of hydrogen-bond donors (Lipinski definition) is 2. The van der Waals surface area contributed by atoms with Crippen LogP contribution in [0.1, 0.15) is 5.56 Å². The fourth-order valence-corrected chi connectivity index (χ4v) is 6.37. The third kappa shape index (κ3) is 4.59. The fraction of sp³-hybridized carbons (Fsp3) is 0.0417. The standard InChI is InChI=1S/C24H18N4O7S3/c1-12-6-8-17(19(10-12)37(30,31)32)27-28-21-20(38(33,34)35)11-15-13(22(21)29)7-9-18-23(15)36-24(26-18)14-4-2-3-5-16(14)25/h2-11,29H,25H2,1H3,(H,30,31,32)(H,33,34,35)/p-2. The normalized spacial score (nSPS) is 12.6. The molecule has 1 heterocycles. The molecular weight excluding hydrogens is 552 g/mol. The summed E-state index contributed by atoms with van der Waals surface area (Å²) in [6.07, 6.45) is 0. The fourth-order valence-electron chi connectivity index (χ4n) is 3.91. The SMILES string of the molecule is Cc1ccc(N=Nc2c(S(=O)(=O)[O-])cc3c(ccc4nc(-c5ccccc5N)sc43)c2O)c(S(=O)(=O)[O-])c1. The minimum atomic E-state index is -5.20. The lowest BCUT2D eigenvalue weighted by Crippen LogP contribution is -2.00. The first kappa shape index (κ1) is 25.7. The highest BCUT2D eigenvalue weighted by Crippen LogP contribution is 2.45. The van der Waals surface area contributed by atoms with Crippen LogP contribution in [0, 0.1) is 6.92 Å². The molecule has 0 unspecified atom stereocenters. The lowest BCUT2D eigenvalue weighted by atomic mass is 10.1. The van der Waals surface area contributed by atoms with E-state index in [1.807, 2.05) is 0 Å². The second-order valence-electron chi connectivity index (χ2n) is 8.27. The van der Waals surface area contributed by atoms with Crippen LogP contribution in [0.3, 0.4) is 0 Å². The molecule has 0 saturated heterocycles. The molecule has 14 heteroatoms. The molecule has 194 valence electrons. The van der Waals surface area contributed by atoms with Crippen LogP contribution in [-0.4, -0.2) is 36.0 Å². The number of nitrogen functional groups attached to an aromatic ring is 1. The predicted octanol–water partition coefficient (Wildman–Crippen LogP) is 4.94. The minimum absolute atomic E-state index is 0.149. The summed E-state index contributed by atoms with van der Waals surface area (Å²) < 4.78 is 72.1. The number of nitrogens with two attached hydrogens (primary N) is 1. The summed E-state index contributed by atoms with van der Waals surface area (Å²) in [6, 6.07) is 14.9. The largest absolute Gasteiger partial charge is 0.744 e. The number of thiazole rings is 1. The molecule has 0 bridgehead atoms. The Morgan fingerprint density at radius 3 is 2.29 bits per heavy atom. The highest BCUT2D eigenvalue weighted by atomic mass is 32.2. The van der Waals surface area contributed by atoms with E-state index in [-0.39, 0.29) is 16.5 Å². The molecule has 0 amide bonds. The first-order chi connectivity index (χ1) is 17.8. The number of nitrogens with zero attached hydrogens (tertiary/aromatic N) is 3. The Bertz CT molecular complexity index is 2020. The molecule has 0 fully saturated rings. The maximum absolute atomic E-state index is 12.2. The summed E-state index contributed by atoms with van der Waals surface area (Å²) in [4.78, 5) is 2.98. The van der Waals surface area contributed by atoms with Gasteiger partial charge in [0.05, 0.1) is 20.0 Å². The van der Waals surface area contributed by atoms with Crippen molar-refractivity contribution in [2.45, 2.75) is 16.7 Å². The summed E-state index contributed by atoms with van der Waals surface area (Å²) in [7, 11) is -10.1. The highest BCUT2D eigenvalue weighted by Gasteiger charge is 2.21. The molecular formula is C24H16N4O7S3-2. The number of rotatable bonds is 5. The number of fused-ring (bicyclic) bond motifs is 3. The van der Waals surface area contributed by atoms with Gasteiger partial charge in [0.15, 0.2) is 5.75 Å². The Morgan fingerprint density at radius 1 is 0.895 bits per heavy atom. The van der Waals surface area contributed by atoms with E-state index in [2.05, 4.69) is 15.2 Å². The van der Waals surface area contributed by atoms with Crippen LogP contribution in [0.15, 0.2) is 80.7 Å². The van der Waals surface area contributed by atoms with Gasteiger partial charge in [0.25, 0.3) is 0 Å².